The summed E-state index contributed by atoms with van der Waals surface area (Å²) in [6, 6.07) is 7.26. The number of hydrogen-bond donors (Lipinski definition) is 0. The standard InChI is InChI=1S/C24H32O6S2/c1-15-10-17(3)23(18(4)11-15)31(25,26)29-21-8-7-9-22(14-21)30-32(27,28)24-19(5)12-16(2)13-20(24)6/h10-13,21-22H,7-9,14H2,1-6H3. The van der Waals surface area contributed by atoms with E-state index >= 15 is 0 Å². The van der Waals surface area contributed by atoms with Crippen LogP contribution in [0.25, 0.3) is 0 Å². The lowest BCUT2D eigenvalue weighted by Crippen LogP contribution is -2.32. The van der Waals surface area contributed by atoms with Crippen molar-refractivity contribution in [2.75, 3.05) is 0 Å². The molecule has 0 heterocycles. The van der Waals surface area contributed by atoms with Crippen molar-refractivity contribution in [1.82, 2.24) is 0 Å². The molecule has 32 heavy (non-hydrogen) atoms. The second-order valence-corrected chi connectivity index (χ2v) is 12.0. The molecular formula is C24H32O6S2. The van der Waals surface area contributed by atoms with E-state index in [-0.39, 0.29) is 16.2 Å². The van der Waals surface area contributed by atoms with Crippen LogP contribution in [-0.2, 0) is 28.6 Å². The molecule has 2 aromatic rings. The summed E-state index contributed by atoms with van der Waals surface area (Å²) in [6.07, 6.45) is 0.630. The van der Waals surface area contributed by atoms with Crippen LogP contribution in [0.5, 0.6) is 0 Å². The molecular weight excluding hydrogens is 448 g/mol. The lowest BCUT2D eigenvalue weighted by atomic mass is 9.95. The van der Waals surface area contributed by atoms with Gasteiger partial charge in [0.05, 0.1) is 22.0 Å². The summed E-state index contributed by atoms with van der Waals surface area (Å²) in [4.78, 5) is 0.370. The van der Waals surface area contributed by atoms with Gasteiger partial charge in [-0.3, -0.25) is 8.37 Å². The van der Waals surface area contributed by atoms with Gasteiger partial charge >= 0.3 is 0 Å². The fourth-order valence-corrected chi connectivity index (χ4v) is 7.93. The van der Waals surface area contributed by atoms with Crippen LogP contribution in [0.15, 0.2) is 34.1 Å². The van der Waals surface area contributed by atoms with Gasteiger partial charge in [0.15, 0.2) is 0 Å². The highest BCUT2D eigenvalue weighted by Crippen LogP contribution is 2.32. The van der Waals surface area contributed by atoms with Crippen LogP contribution in [-0.4, -0.2) is 29.0 Å². The Morgan fingerprint density at radius 2 is 0.938 bits per heavy atom. The summed E-state index contributed by atoms with van der Waals surface area (Å²) in [5.41, 5.74) is 4.52. The van der Waals surface area contributed by atoms with Gasteiger partial charge < -0.3 is 0 Å². The van der Waals surface area contributed by atoms with Crippen LogP contribution < -0.4 is 0 Å². The monoisotopic (exact) mass is 480 g/mol. The average molecular weight is 481 g/mol. The van der Waals surface area contributed by atoms with Gasteiger partial charge in [0.1, 0.15) is 0 Å². The molecule has 2 aromatic carbocycles. The first-order chi connectivity index (χ1) is 14.8. The second kappa shape index (κ2) is 9.25. The maximum atomic E-state index is 13.0. The van der Waals surface area contributed by atoms with Gasteiger partial charge in [0.2, 0.25) is 0 Å². The van der Waals surface area contributed by atoms with Crippen LogP contribution in [0.1, 0.15) is 59.1 Å². The van der Waals surface area contributed by atoms with Crippen molar-refractivity contribution >= 4 is 20.2 Å². The van der Waals surface area contributed by atoms with Crippen molar-refractivity contribution in [3.8, 4) is 0 Å². The number of rotatable bonds is 6. The zero-order valence-corrected chi connectivity index (χ0v) is 21.2. The average Bonchev–Trinajstić information content (AvgIpc) is 2.58. The van der Waals surface area contributed by atoms with Gasteiger partial charge in [-0.15, -0.1) is 0 Å². The van der Waals surface area contributed by atoms with Gasteiger partial charge in [-0.1, -0.05) is 35.4 Å². The van der Waals surface area contributed by atoms with Crippen LogP contribution >= 0.6 is 0 Å². The Kier molecular flexibility index (Phi) is 7.20. The number of benzene rings is 2. The maximum absolute atomic E-state index is 13.0. The molecule has 0 radical (unpaired) electrons. The summed E-state index contributed by atoms with van der Waals surface area (Å²) in [5, 5.41) is 0. The molecule has 2 unspecified atom stereocenters. The first kappa shape index (κ1) is 24.9. The Hall–Kier alpha value is -1.74. The minimum atomic E-state index is -3.98. The SMILES string of the molecule is Cc1cc(C)c(S(=O)(=O)OC2CCCC(OS(=O)(=O)c3c(C)cc(C)cc3C)C2)c(C)c1. The molecule has 0 amide bonds. The molecule has 0 saturated heterocycles. The quantitative estimate of drug-likeness (QED) is 0.543. The van der Waals surface area contributed by atoms with Crippen LogP contribution in [0.2, 0.25) is 0 Å². The van der Waals surface area contributed by atoms with E-state index in [2.05, 4.69) is 0 Å². The Morgan fingerprint density at radius 3 is 1.25 bits per heavy atom. The largest absolute Gasteiger partial charge is 0.297 e. The zero-order valence-electron chi connectivity index (χ0n) is 19.6. The van der Waals surface area contributed by atoms with Crippen LogP contribution in [0, 0.1) is 41.5 Å². The predicted molar refractivity (Wildman–Crippen MR) is 124 cm³/mol. The summed E-state index contributed by atoms with van der Waals surface area (Å²) in [5.74, 6) is 0. The molecule has 0 bridgehead atoms. The maximum Gasteiger partial charge on any atom is 0.297 e. The van der Waals surface area contributed by atoms with Crippen LogP contribution in [0.3, 0.4) is 0 Å². The molecule has 0 aromatic heterocycles. The van der Waals surface area contributed by atoms with E-state index < -0.39 is 32.4 Å². The first-order valence-electron chi connectivity index (χ1n) is 10.8. The summed E-state index contributed by atoms with van der Waals surface area (Å²) in [6.45, 7) is 10.8. The van der Waals surface area contributed by atoms with E-state index in [1.807, 2.05) is 38.1 Å². The molecule has 3 rings (SSSR count). The van der Waals surface area contributed by atoms with Crippen molar-refractivity contribution in [1.29, 1.82) is 0 Å². The smallest absolute Gasteiger partial charge is 0.263 e. The third-order valence-electron chi connectivity index (χ3n) is 5.81. The molecule has 0 N–H and O–H groups in total. The Balaban J connectivity index is 1.78. The normalized spacial score (nSPS) is 19.8. The van der Waals surface area contributed by atoms with Crippen molar-refractivity contribution < 1.29 is 25.2 Å². The van der Waals surface area contributed by atoms with Gasteiger partial charge in [-0.2, -0.15) is 16.8 Å². The van der Waals surface area contributed by atoms with Crippen molar-refractivity contribution in [3.05, 3.63) is 57.6 Å². The molecule has 176 valence electrons. The number of hydrogen-bond acceptors (Lipinski definition) is 6. The lowest BCUT2D eigenvalue weighted by Gasteiger charge is -2.29. The highest BCUT2D eigenvalue weighted by atomic mass is 32.2. The lowest BCUT2D eigenvalue weighted by molar-refractivity contribution is 0.0758. The molecule has 0 aliphatic heterocycles. The molecule has 1 aliphatic rings. The fourth-order valence-electron chi connectivity index (χ4n) is 4.85. The van der Waals surface area contributed by atoms with E-state index in [1.54, 1.807) is 27.7 Å². The van der Waals surface area contributed by atoms with E-state index in [0.29, 0.717) is 41.5 Å². The van der Waals surface area contributed by atoms with Gasteiger partial charge in [0, 0.05) is 6.42 Å². The van der Waals surface area contributed by atoms with Gasteiger partial charge in [-0.25, -0.2) is 0 Å². The first-order valence-corrected chi connectivity index (χ1v) is 13.6. The fraction of sp³-hybridized carbons (Fsp3) is 0.500. The Labute approximate surface area is 192 Å². The van der Waals surface area contributed by atoms with Gasteiger partial charge in [0.25, 0.3) is 20.2 Å². The van der Waals surface area contributed by atoms with Crippen LogP contribution in [0.4, 0.5) is 0 Å². The predicted octanol–water partition coefficient (Wildman–Crippen LogP) is 4.96. The van der Waals surface area contributed by atoms with Crippen molar-refractivity contribution in [2.45, 2.75) is 89.2 Å². The zero-order chi connectivity index (χ0) is 23.8. The van der Waals surface area contributed by atoms with E-state index in [1.165, 1.54) is 0 Å². The molecule has 1 aliphatic carbocycles. The summed E-state index contributed by atoms with van der Waals surface area (Å²) >= 11 is 0. The highest BCUT2D eigenvalue weighted by Gasteiger charge is 2.33. The highest BCUT2D eigenvalue weighted by molar-refractivity contribution is 7.87. The third-order valence-corrected chi connectivity index (χ3v) is 9.15. The summed E-state index contributed by atoms with van der Waals surface area (Å²) < 4.78 is 63.2. The molecule has 8 heteroatoms. The second-order valence-electron chi connectivity index (χ2n) is 8.97. The Morgan fingerprint density at radius 1 is 0.625 bits per heavy atom. The topological polar surface area (TPSA) is 86.7 Å². The van der Waals surface area contributed by atoms with E-state index in [9.17, 15) is 16.8 Å². The van der Waals surface area contributed by atoms with Gasteiger partial charge in [-0.05, 0) is 83.1 Å². The van der Waals surface area contributed by atoms with E-state index in [0.717, 1.165) is 11.1 Å². The molecule has 0 spiro atoms. The minimum absolute atomic E-state index is 0.185. The minimum Gasteiger partial charge on any atom is -0.263 e. The van der Waals surface area contributed by atoms with Crippen molar-refractivity contribution in [3.63, 3.8) is 0 Å². The molecule has 1 fully saturated rings. The molecule has 1 saturated carbocycles. The summed E-state index contributed by atoms with van der Waals surface area (Å²) in [7, 11) is -7.96. The van der Waals surface area contributed by atoms with Crippen molar-refractivity contribution in [2.24, 2.45) is 0 Å². The Bertz CT molecular complexity index is 1090. The molecule has 6 nitrogen and oxygen atoms in total. The van der Waals surface area contributed by atoms with E-state index in [4.69, 9.17) is 8.37 Å². The molecule has 2 atom stereocenters. The number of aryl methyl sites for hydroxylation is 6. The third kappa shape index (κ3) is 5.42.